The third-order valence-electron chi connectivity index (χ3n) is 13.0. The number of amides is 4. The summed E-state index contributed by atoms with van der Waals surface area (Å²) >= 11 is 1.54. The molecule has 2 aliphatic heterocycles. The molecular formula is C52H56N10O7S. The largest absolute Gasteiger partial charge is 0.471 e. The van der Waals surface area contributed by atoms with E-state index in [2.05, 4.69) is 44.9 Å². The maximum atomic E-state index is 14.5. The van der Waals surface area contributed by atoms with Gasteiger partial charge >= 0.3 is 12.2 Å². The highest BCUT2D eigenvalue weighted by atomic mass is 32.1. The molecule has 4 amide bonds. The molecule has 2 saturated heterocycles. The number of methoxy groups -OCH3 is 2. The summed E-state index contributed by atoms with van der Waals surface area (Å²) < 4.78 is 16.4. The van der Waals surface area contributed by atoms with Crippen LogP contribution in [-0.4, -0.2) is 109 Å². The van der Waals surface area contributed by atoms with Gasteiger partial charge in [0.2, 0.25) is 17.7 Å². The van der Waals surface area contributed by atoms with E-state index >= 15 is 0 Å². The number of fused-ring (bicyclic) bond motifs is 1. The van der Waals surface area contributed by atoms with Crippen molar-refractivity contribution in [1.29, 1.82) is 0 Å². The van der Waals surface area contributed by atoms with Crippen LogP contribution in [0.2, 0.25) is 0 Å². The molecule has 5 atom stereocenters. The molecule has 4 aromatic heterocycles. The van der Waals surface area contributed by atoms with E-state index in [4.69, 9.17) is 34.1 Å². The number of hydrogen-bond acceptors (Lipinski definition) is 12. The number of nitrogens with zero attached hydrogens (tertiary/aromatic N) is 6. The third-order valence-corrected chi connectivity index (χ3v) is 13.9. The SMILES string of the molecule is COC(=O)N[C@H](C(=O)N1CCC[C@H]1c1ncc(-c2ccc(-c3ccc(-c4cnc([C@@H]5C[C@@H](Oc6nc7ccccc7nc6-c6cccs6)CN5C(=O)[C@@H](NC(=O)OC)C(C)C)[nH]4)cc3)cc2)[nH]1)C(C)C. The molecule has 4 N–H and O–H groups in total. The van der Waals surface area contributed by atoms with Crippen LogP contribution in [0.4, 0.5) is 9.59 Å². The topological polar surface area (TPSA) is 210 Å². The van der Waals surface area contributed by atoms with Gasteiger partial charge in [-0.3, -0.25) is 9.59 Å². The number of para-hydroxylation sites is 2. The van der Waals surface area contributed by atoms with Crippen molar-refractivity contribution in [3.8, 4) is 50.1 Å². The van der Waals surface area contributed by atoms with Gasteiger partial charge in [-0.05, 0) is 70.5 Å². The molecule has 3 aromatic carbocycles. The number of carbonyl (C=O) groups excluding carboxylic acids is 4. The predicted octanol–water partition coefficient (Wildman–Crippen LogP) is 8.95. The van der Waals surface area contributed by atoms with Crippen molar-refractivity contribution in [2.75, 3.05) is 27.3 Å². The smallest absolute Gasteiger partial charge is 0.407 e. The quantitative estimate of drug-likeness (QED) is 0.0809. The normalized spacial score (nSPS) is 17.7. The summed E-state index contributed by atoms with van der Waals surface area (Å²) in [6, 6.07) is 25.7. The van der Waals surface area contributed by atoms with Crippen LogP contribution in [0.5, 0.6) is 5.88 Å². The Morgan fingerprint density at radius 2 is 1.20 bits per heavy atom. The van der Waals surface area contributed by atoms with Crippen molar-refractivity contribution in [1.82, 2.24) is 50.3 Å². The molecule has 0 aliphatic carbocycles. The zero-order valence-corrected chi connectivity index (χ0v) is 40.7. The van der Waals surface area contributed by atoms with Crippen molar-refractivity contribution in [3.05, 3.63) is 114 Å². The molecule has 17 nitrogen and oxygen atoms in total. The first kappa shape index (κ1) is 47.5. The van der Waals surface area contributed by atoms with Gasteiger partial charge in [-0.15, -0.1) is 11.3 Å². The molecule has 7 aromatic rings. The summed E-state index contributed by atoms with van der Waals surface area (Å²) in [5.41, 5.74) is 7.59. The van der Waals surface area contributed by atoms with E-state index in [-0.39, 0.29) is 36.2 Å². The lowest BCUT2D eigenvalue weighted by Gasteiger charge is -2.30. The number of ether oxygens (including phenoxy) is 3. The number of carbonyl (C=O) groups is 4. The maximum absolute atomic E-state index is 14.5. The molecule has 0 unspecified atom stereocenters. The molecule has 0 spiro atoms. The predicted molar refractivity (Wildman–Crippen MR) is 265 cm³/mol. The fraction of sp³-hybridized carbons (Fsp3) is 0.346. The molecule has 0 radical (unpaired) electrons. The molecule has 6 heterocycles. The molecule has 2 fully saturated rings. The van der Waals surface area contributed by atoms with Crippen LogP contribution in [0, 0.1) is 11.8 Å². The van der Waals surface area contributed by atoms with Gasteiger partial charge in [-0.2, -0.15) is 0 Å². The summed E-state index contributed by atoms with van der Waals surface area (Å²) in [5.74, 6) is 0.882. The fourth-order valence-corrected chi connectivity index (χ4v) is 9.95. The molecule has 0 bridgehead atoms. The van der Waals surface area contributed by atoms with Crippen LogP contribution in [0.15, 0.2) is 103 Å². The number of imidazole rings is 2. The average molecular weight is 965 g/mol. The number of thiophene rings is 1. The van der Waals surface area contributed by atoms with Gasteiger partial charge in [0.25, 0.3) is 0 Å². The zero-order valence-electron chi connectivity index (χ0n) is 39.8. The summed E-state index contributed by atoms with van der Waals surface area (Å²) in [4.78, 5) is 83.3. The second kappa shape index (κ2) is 20.6. The van der Waals surface area contributed by atoms with E-state index in [9.17, 15) is 19.2 Å². The number of nitrogens with one attached hydrogen (secondary N) is 4. The lowest BCUT2D eigenvalue weighted by molar-refractivity contribution is -0.136. The number of likely N-dealkylation sites (tertiary alicyclic amines) is 2. The molecule has 18 heteroatoms. The van der Waals surface area contributed by atoms with Gasteiger partial charge in [-0.25, -0.2) is 29.5 Å². The minimum absolute atomic E-state index is 0.122. The first-order valence-corrected chi connectivity index (χ1v) is 24.3. The summed E-state index contributed by atoms with van der Waals surface area (Å²) in [5, 5.41) is 7.43. The standard InChI is InChI=1S/C52H56N10O7S/c1-29(2)43(59-51(65)67-5)49(63)61-23-9-13-40(61)46-53-26-38(56-46)33-19-15-31(16-20-33)32-17-21-34(22-18-32)39-27-54-47(57-39)41-25-35(28-62(41)50(64)44(30(3)4)60-52(66)68-6)69-48-45(42-14-10-24-70-42)55-36-11-7-8-12-37(36)58-48/h7-8,10-12,14-22,24,26-27,29-30,35,40-41,43-44H,9,13,23,25,28H2,1-6H3,(H,53,56)(H,54,57)(H,59,65)(H,60,66)/t35-,40+,41+,43+,44+/m1/s1. The van der Waals surface area contributed by atoms with Crippen LogP contribution in [-0.2, 0) is 19.1 Å². The monoisotopic (exact) mass is 964 g/mol. The highest BCUT2D eigenvalue weighted by Gasteiger charge is 2.43. The van der Waals surface area contributed by atoms with Gasteiger partial charge in [0.1, 0.15) is 35.5 Å². The van der Waals surface area contributed by atoms with Gasteiger partial charge < -0.3 is 44.6 Å². The number of aromatic nitrogens is 6. The van der Waals surface area contributed by atoms with Crippen LogP contribution in [0.1, 0.15) is 70.7 Å². The molecule has 70 heavy (non-hydrogen) atoms. The Morgan fingerprint density at radius 3 is 1.73 bits per heavy atom. The number of hydrogen-bond donors (Lipinski definition) is 4. The van der Waals surface area contributed by atoms with Gasteiger partial charge in [-0.1, -0.05) is 94.4 Å². The highest BCUT2D eigenvalue weighted by Crippen LogP contribution is 2.39. The Morgan fingerprint density at radius 1 is 0.671 bits per heavy atom. The lowest BCUT2D eigenvalue weighted by Crippen LogP contribution is -2.51. The van der Waals surface area contributed by atoms with Crippen molar-refractivity contribution in [3.63, 3.8) is 0 Å². The second-order valence-corrected chi connectivity index (χ2v) is 19.2. The maximum Gasteiger partial charge on any atom is 0.407 e. The minimum Gasteiger partial charge on any atom is -0.471 e. The number of alkyl carbamates (subject to hydrolysis) is 2. The van der Waals surface area contributed by atoms with Gasteiger partial charge in [0.15, 0.2) is 0 Å². The Bertz CT molecular complexity index is 2970. The molecule has 362 valence electrons. The Kier molecular flexibility index (Phi) is 13.9. The Hall–Kier alpha value is -7.60. The van der Waals surface area contributed by atoms with E-state index in [1.165, 1.54) is 14.2 Å². The number of aromatic amines is 2. The van der Waals surface area contributed by atoms with E-state index in [0.717, 1.165) is 56.9 Å². The number of rotatable bonds is 14. The number of benzene rings is 3. The highest BCUT2D eigenvalue weighted by molar-refractivity contribution is 7.13. The van der Waals surface area contributed by atoms with E-state index < -0.39 is 36.4 Å². The van der Waals surface area contributed by atoms with Crippen LogP contribution < -0.4 is 15.4 Å². The summed E-state index contributed by atoms with van der Waals surface area (Å²) in [6.45, 7) is 8.34. The first-order valence-electron chi connectivity index (χ1n) is 23.5. The first-order chi connectivity index (χ1) is 33.9. The van der Waals surface area contributed by atoms with E-state index in [1.54, 1.807) is 33.5 Å². The van der Waals surface area contributed by atoms with Crippen LogP contribution in [0.25, 0.3) is 55.2 Å². The molecular weight excluding hydrogens is 909 g/mol. The number of H-pyrrole nitrogens is 2. The molecule has 9 rings (SSSR count). The molecule has 0 saturated carbocycles. The Labute approximate surface area is 409 Å². The van der Waals surface area contributed by atoms with E-state index in [0.29, 0.717) is 41.7 Å². The average Bonchev–Trinajstić information content (AvgIpc) is 4.24. The van der Waals surface area contributed by atoms with Crippen LogP contribution in [0.3, 0.4) is 0 Å². The summed E-state index contributed by atoms with van der Waals surface area (Å²) in [6.07, 6.45) is 3.77. The van der Waals surface area contributed by atoms with Gasteiger partial charge in [0.05, 0.1) is 72.5 Å². The lowest BCUT2D eigenvalue weighted by atomic mass is 10.0. The van der Waals surface area contributed by atoms with Crippen LogP contribution >= 0.6 is 11.3 Å². The van der Waals surface area contributed by atoms with E-state index in [1.807, 2.05) is 93.7 Å². The third kappa shape index (κ3) is 9.94. The Balaban J connectivity index is 0.914. The fourth-order valence-electron chi connectivity index (χ4n) is 9.24. The second-order valence-electron chi connectivity index (χ2n) is 18.2. The zero-order chi connectivity index (χ0) is 49.1. The van der Waals surface area contributed by atoms with Crippen molar-refractivity contribution < 1.29 is 33.4 Å². The van der Waals surface area contributed by atoms with Crippen molar-refractivity contribution in [2.45, 2.75) is 77.2 Å². The van der Waals surface area contributed by atoms with Crippen molar-refractivity contribution in [2.24, 2.45) is 11.8 Å². The van der Waals surface area contributed by atoms with Gasteiger partial charge in [0, 0.05) is 13.0 Å². The minimum atomic E-state index is -0.856. The summed E-state index contributed by atoms with van der Waals surface area (Å²) in [7, 11) is 2.56. The van der Waals surface area contributed by atoms with Crippen molar-refractivity contribution >= 4 is 46.4 Å². The molecule has 2 aliphatic rings.